The molecule has 0 fully saturated rings. The summed E-state index contributed by atoms with van der Waals surface area (Å²) in [5.41, 5.74) is 6.51. The number of nitrogens with two attached hydrogens (primary N) is 1. The van der Waals surface area contributed by atoms with E-state index >= 15 is 0 Å². The van der Waals surface area contributed by atoms with Crippen LogP contribution in [0.3, 0.4) is 0 Å². The third-order valence-electron chi connectivity index (χ3n) is 1.48. The highest BCUT2D eigenvalue weighted by molar-refractivity contribution is 5.53. The standard InChI is InChI=1S/C10H10N2O/c1-2-5-13-10-4-3-9(12)6-8(10)7-11/h2-4,6H,1,5,12H2. The lowest BCUT2D eigenvalue weighted by molar-refractivity contribution is 0.362. The maximum absolute atomic E-state index is 8.73. The minimum absolute atomic E-state index is 0.387. The first-order valence-corrected chi connectivity index (χ1v) is 3.81. The average Bonchev–Trinajstić information content (AvgIpc) is 2.16. The summed E-state index contributed by atoms with van der Waals surface area (Å²) in [4.78, 5) is 0. The quantitative estimate of drug-likeness (QED) is 0.560. The Morgan fingerprint density at radius 3 is 3.00 bits per heavy atom. The molecule has 13 heavy (non-hydrogen) atoms. The molecule has 0 aliphatic carbocycles. The van der Waals surface area contributed by atoms with E-state index in [2.05, 4.69) is 6.58 Å². The van der Waals surface area contributed by atoms with Crippen LogP contribution in [0.4, 0.5) is 5.69 Å². The number of anilines is 1. The summed E-state index contributed by atoms with van der Waals surface area (Å²) in [6, 6.07) is 6.96. The predicted octanol–water partition coefficient (Wildman–Crippen LogP) is 1.71. The van der Waals surface area contributed by atoms with Crippen LogP contribution in [-0.2, 0) is 0 Å². The smallest absolute Gasteiger partial charge is 0.137 e. The van der Waals surface area contributed by atoms with E-state index in [0.29, 0.717) is 23.6 Å². The van der Waals surface area contributed by atoms with E-state index in [9.17, 15) is 0 Å². The van der Waals surface area contributed by atoms with Crippen LogP contribution < -0.4 is 10.5 Å². The van der Waals surface area contributed by atoms with E-state index in [-0.39, 0.29) is 0 Å². The molecule has 2 N–H and O–H groups in total. The molecule has 0 spiro atoms. The molecule has 1 rings (SSSR count). The van der Waals surface area contributed by atoms with Gasteiger partial charge in [-0.05, 0) is 18.2 Å². The Bertz CT molecular complexity index is 352. The minimum atomic E-state index is 0.387. The molecular formula is C10H10N2O. The highest BCUT2D eigenvalue weighted by Crippen LogP contribution is 2.20. The predicted molar refractivity (Wildman–Crippen MR) is 51.3 cm³/mol. The fourth-order valence-electron chi connectivity index (χ4n) is 0.910. The molecule has 0 heterocycles. The van der Waals surface area contributed by atoms with Crippen LogP contribution in [0.2, 0.25) is 0 Å². The normalized spacial score (nSPS) is 8.85. The zero-order valence-corrected chi connectivity index (χ0v) is 7.16. The van der Waals surface area contributed by atoms with Crippen molar-refractivity contribution in [1.82, 2.24) is 0 Å². The SMILES string of the molecule is C=CCOc1ccc(N)cc1C#N. The van der Waals surface area contributed by atoms with Crippen LogP contribution in [0.25, 0.3) is 0 Å². The first-order chi connectivity index (χ1) is 6.27. The van der Waals surface area contributed by atoms with Gasteiger partial charge in [-0.1, -0.05) is 12.7 Å². The van der Waals surface area contributed by atoms with Crippen molar-refractivity contribution in [2.45, 2.75) is 0 Å². The van der Waals surface area contributed by atoms with Gasteiger partial charge >= 0.3 is 0 Å². The van der Waals surface area contributed by atoms with Crippen molar-refractivity contribution in [3.05, 3.63) is 36.4 Å². The Kier molecular flexibility index (Phi) is 2.93. The molecule has 0 unspecified atom stereocenters. The van der Waals surface area contributed by atoms with Gasteiger partial charge in [-0.15, -0.1) is 0 Å². The molecular weight excluding hydrogens is 164 g/mol. The van der Waals surface area contributed by atoms with Gasteiger partial charge in [0.15, 0.2) is 0 Å². The molecule has 0 aliphatic heterocycles. The van der Waals surface area contributed by atoms with E-state index < -0.39 is 0 Å². The Balaban J connectivity index is 2.94. The number of ether oxygens (including phenoxy) is 1. The summed E-state index contributed by atoms with van der Waals surface area (Å²) >= 11 is 0. The van der Waals surface area contributed by atoms with E-state index in [0.717, 1.165) is 0 Å². The first kappa shape index (κ1) is 9.14. The number of rotatable bonds is 3. The number of nitrogens with zero attached hydrogens (tertiary/aromatic N) is 1. The van der Waals surface area contributed by atoms with E-state index in [1.807, 2.05) is 6.07 Å². The Morgan fingerprint density at radius 2 is 2.38 bits per heavy atom. The summed E-state index contributed by atoms with van der Waals surface area (Å²) in [5, 5.41) is 8.73. The lowest BCUT2D eigenvalue weighted by Gasteiger charge is -2.05. The molecule has 0 amide bonds. The number of nitrogen functional groups attached to an aromatic ring is 1. The van der Waals surface area contributed by atoms with Gasteiger partial charge in [0, 0.05) is 5.69 Å². The maximum Gasteiger partial charge on any atom is 0.137 e. The van der Waals surface area contributed by atoms with Crippen LogP contribution >= 0.6 is 0 Å². The number of hydrogen-bond acceptors (Lipinski definition) is 3. The summed E-state index contributed by atoms with van der Waals surface area (Å²) in [5.74, 6) is 0.539. The lowest BCUT2D eigenvalue weighted by atomic mass is 10.2. The van der Waals surface area contributed by atoms with Gasteiger partial charge in [-0.3, -0.25) is 0 Å². The molecule has 0 saturated carbocycles. The molecule has 0 bridgehead atoms. The van der Waals surface area contributed by atoms with Crippen LogP contribution in [0, 0.1) is 11.3 Å². The summed E-state index contributed by atoms with van der Waals surface area (Å²) in [7, 11) is 0. The van der Waals surface area contributed by atoms with Crippen molar-refractivity contribution in [2.24, 2.45) is 0 Å². The Labute approximate surface area is 77.0 Å². The van der Waals surface area contributed by atoms with E-state index in [4.69, 9.17) is 15.7 Å². The lowest BCUT2D eigenvalue weighted by Crippen LogP contribution is -1.96. The van der Waals surface area contributed by atoms with Gasteiger partial charge in [-0.2, -0.15) is 5.26 Å². The summed E-state index contributed by atoms with van der Waals surface area (Å²) in [6.07, 6.45) is 1.62. The van der Waals surface area contributed by atoms with Crippen molar-refractivity contribution in [3.8, 4) is 11.8 Å². The molecule has 3 heteroatoms. The van der Waals surface area contributed by atoms with E-state index in [1.165, 1.54) is 0 Å². The van der Waals surface area contributed by atoms with Crippen molar-refractivity contribution >= 4 is 5.69 Å². The number of benzene rings is 1. The highest BCUT2D eigenvalue weighted by atomic mass is 16.5. The van der Waals surface area contributed by atoms with Crippen LogP contribution in [0.5, 0.6) is 5.75 Å². The molecule has 0 aromatic heterocycles. The Hall–Kier alpha value is -1.95. The zero-order chi connectivity index (χ0) is 9.68. The van der Waals surface area contributed by atoms with Gasteiger partial charge < -0.3 is 10.5 Å². The second-order valence-corrected chi connectivity index (χ2v) is 2.47. The van der Waals surface area contributed by atoms with Crippen molar-refractivity contribution in [3.63, 3.8) is 0 Å². The number of nitriles is 1. The largest absolute Gasteiger partial charge is 0.488 e. The van der Waals surface area contributed by atoms with Crippen molar-refractivity contribution < 1.29 is 4.74 Å². The second-order valence-electron chi connectivity index (χ2n) is 2.47. The van der Waals surface area contributed by atoms with Crippen LogP contribution in [-0.4, -0.2) is 6.61 Å². The summed E-state index contributed by atoms with van der Waals surface area (Å²) < 4.78 is 5.24. The zero-order valence-electron chi connectivity index (χ0n) is 7.16. The van der Waals surface area contributed by atoms with Gasteiger partial charge in [0.05, 0.1) is 5.56 Å². The topological polar surface area (TPSA) is 59.0 Å². The molecule has 0 aliphatic rings. The summed E-state index contributed by atoms with van der Waals surface area (Å²) in [6.45, 7) is 3.90. The van der Waals surface area contributed by atoms with Crippen molar-refractivity contribution in [1.29, 1.82) is 5.26 Å². The molecule has 66 valence electrons. The van der Waals surface area contributed by atoms with E-state index in [1.54, 1.807) is 24.3 Å². The Morgan fingerprint density at radius 1 is 1.62 bits per heavy atom. The molecule has 1 aromatic rings. The van der Waals surface area contributed by atoms with Crippen LogP contribution in [0.1, 0.15) is 5.56 Å². The molecule has 0 saturated heterocycles. The van der Waals surface area contributed by atoms with Gasteiger partial charge in [0.2, 0.25) is 0 Å². The minimum Gasteiger partial charge on any atom is -0.488 e. The fraction of sp³-hybridized carbons (Fsp3) is 0.100. The average molecular weight is 174 g/mol. The molecule has 1 aromatic carbocycles. The number of hydrogen-bond donors (Lipinski definition) is 1. The second kappa shape index (κ2) is 4.17. The van der Waals surface area contributed by atoms with Gasteiger partial charge in [0.1, 0.15) is 18.4 Å². The van der Waals surface area contributed by atoms with Crippen molar-refractivity contribution in [2.75, 3.05) is 12.3 Å². The molecule has 0 radical (unpaired) electrons. The highest BCUT2D eigenvalue weighted by Gasteiger charge is 2.01. The maximum atomic E-state index is 8.73. The van der Waals surface area contributed by atoms with Crippen LogP contribution in [0.15, 0.2) is 30.9 Å². The first-order valence-electron chi connectivity index (χ1n) is 3.81. The third kappa shape index (κ3) is 2.24. The molecule has 3 nitrogen and oxygen atoms in total. The molecule has 0 atom stereocenters. The third-order valence-corrected chi connectivity index (χ3v) is 1.48. The fourth-order valence-corrected chi connectivity index (χ4v) is 0.910. The van der Waals surface area contributed by atoms with Gasteiger partial charge in [0.25, 0.3) is 0 Å². The van der Waals surface area contributed by atoms with Gasteiger partial charge in [-0.25, -0.2) is 0 Å². The monoisotopic (exact) mass is 174 g/mol.